The van der Waals surface area contributed by atoms with Gasteiger partial charge >= 0.3 is 24.6 Å². The molecule has 0 amide bonds. The summed E-state index contributed by atoms with van der Waals surface area (Å²) in [5, 5.41) is 30.6. The molecule has 1 atom stereocenters. The van der Waals surface area contributed by atoms with Crippen LogP contribution in [-0.2, 0) is 26.9 Å². The maximum Gasteiger partial charge on any atom is 0.433 e. The number of hydrogen-bond acceptors (Lipinski definition) is 10. The molecule has 2 aromatic heterocycles. The summed E-state index contributed by atoms with van der Waals surface area (Å²) >= 11 is 23.3. The van der Waals surface area contributed by atoms with E-state index in [0.29, 0.717) is 13.1 Å². The molecule has 0 fully saturated rings. The van der Waals surface area contributed by atoms with E-state index in [-0.39, 0.29) is 30.6 Å². The highest BCUT2D eigenvalue weighted by Gasteiger charge is 2.26. The van der Waals surface area contributed by atoms with E-state index in [2.05, 4.69) is 36.3 Å². The molecule has 14 nitrogen and oxygen atoms in total. The topological polar surface area (TPSA) is 183 Å². The lowest BCUT2D eigenvalue weighted by Crippen LogP contribution is -2.15. The first-order valence-electron chi connectivity index (χ1n) is 11.6. The minimum absolute atomic E-state index is 0.183. The van der Waals surface area contributed by atoms with Crippen LogP contribution in [0.1, 0.15) is 37.2 Å². The van der Waals surface area contributed by atoms with Gasteiger partial charge in [-0.25, -0.2) is 9.34 Å². The van der Waals surface area contributed by atoms with Crippen LogP contribution in [0.4, 0.5) is 11.8 Å². The van der Waals surface area contributed by atoms with Gasteiger partial charge in [0.05, 0.1) is 12.1 Å². The Morgan fingerprint density at radius 2 is 1.29 bits per heavy atom. The van der Waals surface area contributed by atoms with Crippen LogP contribution < -0.4 is 0 Å². The second kappa shape index (κ2) is 21.2. The van der Waals surface area contributed by atoms with Crippen molar-refractivity contribution in [1.82, 2.24) is 9.34 Å². The van der Waals surface area contributed by atoms with Gasteiger partial charge in [0.2, 0.25) is 0 Å². The van der Waals surface area contributed by atoms with Gasteiger partial charge in [-0.2, -0.15) is 0 Å². The predicted molar refractivity (Wildman–Crippen MR) is 166 cm³/mol. The molecule has 236 valence electrons. The summed E-state index contributed by atoms with van der Waals surface area (Å²) in [6, 6.07) is 5.15. The number of nitrogens with zero attached hydrogens (tertiary/aromatic N) is 4. The Morgan fingerprint density at radius 1 is 0.854 bits per heavy atom. The fourth-order valence-corrected chi connectivity index (χ4v) is 5.30. The molecule has 0 saturated carbocycles. The van der Waals surface area contributed by atoms with Crippen LogP contribution in [-0.4, -0.2) is 62.1 Å². The van der Waals surface area contributed by atoms with E-state index >= 15 is 0 Å². The summed E-state index contributed by atoms with van der Waals surface area (Å²) in [6.07, 6.45) is 3.75. The third-order valence-electron chi connectivity index (χ3n) is 4.71. The molecular formula is C20H31Br2Cl3N4O10P2. The van der Waals surface area contributed by atoms with Gasteiger partial charge in [-0.1, -0.05) is 31.9 Å². The average molecular weight is 816 g/mol. The van der Waals surface area contributed by atoms with E-state index in [9.17, 15) is 29.4 Å². The van der Waals surface area contributed by atoms with E-state index < -0.39 is 28.6 Å². The molecule has 41 heavy (non-hydrogen) atoms. The normalized spacial score (nSPS) is 12.7. The Balaban J connectivity index is 0.000000643. The Hall–Kier alpha value is -0.510. The van der Waals surface area contributed by atoms with Crippen molar-refractivity contribution in [1.29, 1.82) is 0 Å². The zero-order chi connectivity index (χ0) is 31.6. The summed E-state index contributed by atoms with van der Waals surface area (Å²) in [5.74, 6) is -3.37. The lowest BCUT2D eigenvalue weighted by Gasteiger charge is -2.21. The number of alkyl halides is 2. The van der Waals surface area contributed by atoms with E-state index in [0.717, 1.165) is 36.3 Å². The molecule has 0 aliphatic rings. The smallest absolute Gasteiger partial charge is 0.403 e. The summed E-state index contributed by atoms with van der Waals surface area (Å²) in [7, 11) is 3.27. The van der Waals surface area contributed by atoms with Crippen molar-refractivity contribution < 1.29 is 37.4 Å². The molecule has 1 N–H and O–H groups in total. The highest BCUT2D eigenvalue weighted by molar-refractivity contribution is 9.09. The van der Waals surface area contributed by atoms with Crippen LogP contribution in [0.25, 0.3) is 0 Å². The van der Waals surface area contributed by atoms with Gasteiger partial charge in [-0.15, -0.1) is 0 Å². The Bertz CT molecular complexity index is 1150. The standard InChI is InChI=1S/C10H15BrClN2O5P.C5H11BrCl2NOP.C5H5NO4/c1-13(7-3-2-6-11)20(12,17)18-8-9-4-5-10(19-9)14(15)16;1-9(11(7,8)10)5-3-2-4-6;7-3-4-1-2-5(10-4)6(8)9/h4-5H,2-3,6-8H2,1H3;2-5H2,1H3;1-2,7H,3H2. The predicted octanol–water partition coefficient (Wildman–Crippen LogP) is 8.52. The van der Waals surface area contributed by atoms with Gasteiger partial charge in [0.25, 0.3) is 0 Å². The first-order valence-corrected chi connectivity index (χ1v) is 19.8. The number of aliphatic hydroxyl groups is 1. The third kappa shape index (κ3) is 18.0. The number of hydrogen-bond donors (Lipinski definition) is 1. The number of furan rings is 2. The van der Waals surface area contributed by atoms with Gasteiger partial charge in [-0.05, 0) is 85.6 Å². The van der Waals surface area contributed by atoms with Crippen molar-refractivity contribution in [2.45, 2.75) is 38.9 Å². The molecule has 0 aromatic carbocycles. The molecule has 2 heterocycles. The van der Waals surface area contributed by atoms with Gasteiger partial charge in [0.1, 0.15) is 34.6 Å². The zero-order valence-electron chi connectivity index (χ0n) is 22.1. The number of unbranched alkanes of at least 4 members (excludes halogenated alkanes) is 2. The van der Waals surface area contributed by atoms with Crippen LogP contribution >= 0.6 is 78.5 Å². The first kappa shape index (κ1) is 40.5. The average Bonchev–Trinajstić information content (AvgIpc) is 3.58. The molecule has 0 radical (unpaired) electrons. The minimum Gasteiger partial charge on any atom is -0.403 e. The summed E-state index contributed by atoms with van der Waals surface area (Å²) in [6.45, 7) is -2.73. The maximum atomic E-state index is 12.1. The highest BCUT2D eigenvalue weighted by Crippen LogP contribution is 2.59. The molecule has 2 aromatic rings. The van der Waals surface area contributed by atoms with E-state index in [4.69, 9.17) is 47.8 Å². The molecule has 21 heteroatoms. The third-order valence-corrected chi connectivity index (χ3v) is 10.9. The molecule has 0 spiro atoms. The van der Waals surface area contributed by atoms with E-state index in [1.54, 1.807) is 14.1 Å². The van der Waals surface area contributed by atoms with Crippen molar-refractivity contribution in [3.63, 3.8) is 0 Å². The monoisotopic (exact) mass is 812 g/mol. The van der Waals surface area contributed by atoms with Crippen molar-refractivity contribution in [2.75, 3.05) is 37.8 Å². The number of halogens is 5. The van der Waals surface area contributed by atoms with Gasteiger partial charge in [0.15, 0.2) is 0 Å². The molecule has 0 aliphatic heterocycles. The van der Waals surface area contributed by atoms with Crippen LogP contribution in [0.2, 0.25) is 0 Å². The molecular weight excluding hydrogens is 784 g/mol. The van der Waals surface area contributed by atoms with Crippen molar-refractivity contribution in [2.24, 2.45) is 0 Å². The number of rotatable bonds is 16. The largest absolute Gasteiger partial charge is 0.433 e. The van der Waals surface area contributed by atoms with E-state index in [1.807, 2.05) is 0 Å². The van der Waals surface area contributed by atoms with Crippen LogP contribution in [0.3, 0.4) is 0 Å². The Morgan fingerprint density at radius 3 is 1.66 bits per heavy atom. The molecule has 0 saturated heterocycles. The highest BCUT2D eigenvalue weighted by atomic mass is 79.9. The Labute approximate surface area is 268 Å². The molecule has 0 bridgehead atoms. The van der Waals surface area contributed by atoms with Gasteiger partial charge in [-0.3, -0.25) is 33.9 Å². The van der Waals surface area contributed by atoms with Crippen LogP contribution in [0, 0.1) is 20.2 Å². The van der Waals surface area contributed by atoms with Crippen molar-refractivity contribution in [3.05, 3.63) is 56.0 Å². The second-order valence-electron chi connectivity index (χ2n) is 7.87. The molecule has 1 unspecified atom stereocenters. The number of aliphatic hydroxyl groups excluding tert-OH is 1. The van der Waals surface area contributed by atoms with E-state index in [1.165, 1.54) is 33.6 Å². The lowest BCUT2D eigenvalue weighted by atomic mass is 10.3. The van der Waals surface area contributed by atoms with Gasteiger partial charge in [0, 0.05) is 23.7 Å². The Kier molecular flexibility index (Phi) is 21.0. The summed E-state index contributed by atoms with van der Waals surface area (Å²) < 4.78 is 40.5. The van der Waals surface area contributed by atoms with Crippen molar-refractivity contribution >= 4 is 90.2 Å². The number of nitro groups is 2. The molecule has 0 aliphatic carbocycles. The fourth-order valence-electron chi connectivity index (χ4n) is 2.44. The SMILES string of the molecule is CN(CCCCBr)P(=O)(Cl)Cl.CN(CCCCBr)P(=O)(Cl)OCc1ccc([N+](=O)[O-])o1.O=[N+]([O-])c1ccc(CO)o1. The first-order chi connectivity index (χ1) is 19.1. The quantitative estimate of drug-likeness (QED) is 0.0561. The zero-order valence-corrected chi connectivity index (χ0v) is 29.3. The summed E-state index contributed by atoms with van der Waals surface area (Å²) in [5.41, 5.74) is 0. The minimum atomic E-state index is -3.44. The second-order valence-corrected chi connectivity index (χ2v) is 17.4. The molecule has 2 rings (SSSR count). The maximum absolute atomic E-state index is 12.1. The van der Waals surface area contributed by atoms with Crippen LogP contribution in [0.15, 0.2) is 33.1 Å². The summed E-state index contributed by atoms with van der Waals surface area (Å²) in [4.78, 5) is 19.1. The van der Waals surface area contributed by atoms with Crippen LogP contribution in [0.5, 0.6) is 0 Å². The van der Waals surface area contributed by atoms with Crippen molar-refractivity contribution in [3.8, 4) is 0 Å². The lowest BCUT2D eigenvalue weighted by molar-refractivity contribution is -0.402. The van der Waals surface area contributed by atoms with Gasteiger partial charge < -0.3 is 13.9 Å². The fraction of sp³-hybridized carbons (Fsp3) is 0.600.